The molecule has 2 bridgehead atoms. The maximum atomic E-state index is 12.9. The van der Waals surface area contributed by atoms with Crippen LogP contribution < -0.4 is 0 Å². The minimum absolute atomic E-state index is 0.172. The average molecular weight is 310 g/mol. The van der Waals surface area contributed by atoms with Gasteiger partial charge < -0.3 is 4.74 Å². The normalized spacial score (nSPS) is 39.0. The first-order valence-electron chi connectivity index (χ1n) is 7.36. The summed E-state index contributed by atoms with van der Waals surface area (Å²) in [6.45, 7) is 12.5. The minimum atomic E-state index is -1.20. The first kappa shape index (κ1) is 14.9. The van der Waals surface area contributed by atoms with Crippen LogP contribution in [-0.2, 0) is 25.1 Å². The molecular weight excluding hydrogens is 288 g/mol. The zero-order chi connectivity index (χ0) is 15.9. The zero-order valence-corrected chi connectivity index (χ0v) is 14.2. The van der Waals surface area contributed by atoms with Gasteiger partial charge in [0, 0.05) is 10.8 Å². The van der Waals surface area contributed by atoms with Gasteiger partial charge in [-0.25, -0.2) is 0 Å². The van der Waals surface area contributed by atoms with Crippen LogP contribution in [0, 0.1) is 22.7 Å². The minimum Gasteiger partial charge on any atom is -0.393 e. The molecule has 5 atom stereocenters. The Morgan fingerprint density at radius 3 is 1.43 bits per heavy atom. The molecule has 0 aliphatic carbocycles. The van der Waals surface area contributed by atoms with Crippen molar-refractivity contribution < 1.29 is 18.5 Å². The predicted octanol–water partition coefficient (Wildman–Crippen LogP) is 2.20. The van der Waals surface area contributed by atoms with Crippen molar-refractivity contribution in [2.24, 2.45) is 22.7 Å². The van der Waals surface area contributed by atoms with Gasteiger partial charge in [0.15, 0.2) is 0 Å². The van der Waals surface area contributed by atoms with Crippen molar-refractivity contribution in [1.29, 1.82) is 0 Å². The van der Waals surface area contributed by atoms with E-state index >= 15 is 0 Å². The Hall–Kier alpha value is -0.970. The lowest BCUT2D eigenvalue weighted by Crippen LogP contribution is -2.38. The van der Waals surface area contributed by atoms with Gasteiger partial charge in [-0.1, -0.05) is 41.5 Å². The molecule has 2 fully saturated rings. The molecule has 4 nitrogen and oxygen atoms in total. The quantitative estimate of drug-likeness (QED) is 0.391. The maximum absolute atomic E-state index is 12.9. The van der Waals surface area contributed by atoms with E-state index in [9.17, 15) is 13.8 Å². The summed E-state index contributed by atoms with van der Waals surface area (Å²) >= 11 is 0. The van der Waals surface area contributed by atoms with E-state index in [0.717, 1.165) is 11.1 Å². The Morgan fingerprint density at radius 2 is 1.14 bits per heavy atom. The number of carbonyl (C=O) groups is 2. The van der Waals surface area contributed by atoms with Gasteiger partial charge in [0.2, 0.25) is 0 Å². The van der Waals surface area contributed by atoms with E-state index < -0.39 is 34.6 Å². The van der Waals surface area contributed by atoms with Gasteiger partial charge in [-0.3, -0.25) is 13.8 Å². The average Bonchev–Trinajstić information content (AvgIpc) is 2.85. The third-order valence-electron chi connectivity index (χ3n) is 4.76. The first-order valence-corrected chi connectivity index (χ1v) is 8.64. The van der Waals surface area contributed by atoms with Crippen LogP contribution in [0.25, 0.3) is 0 Å². The number of carbonyl (C=O) groups excluding carboxylic acids is 2. The molecule has 3 heterocycles. The molecule has 21 heavy (non-hydrogen) atoms. The summed E-state index contributed by atoms with van der Waals surface area (Å²) in [6, 6.07) is 0. The van der Waals surface area contributed by atoms with Crippen molar-refractivity contribution in [3.8, 4) is 0 Å². The van der Waals surface area contributed by atoms with E-state index in [2.05, 4.69) is 41.5 Å². The standard InChI is InChI=1S/C16H22O4S/c1-15(2,3)9-10(16(4,5)6)12-8-7(11(9)21(12)19)13(17)20-14(8)18/h7-8,11-12H,1-6H3/t7-,8+,11+,12-,21?. The molecule has 0 aromatic heterocycles. The fourth-order valence-electron chi connectivity index (χ4n) is 4.16. The summed E-state index contributed by atoms with van der Waals surface area (Å²) in [5.74, 6) is -2.05. The van der Waals surface area contributed by atoms with Crippen molar-refractivity contribution >= 4 is 22.7 Å². The molecule has 3 rings (SSSR count). The highest BCUT2D eigenvalue weighted by Gasteiger charge is 2.69. The Bertz CT molecular complexity index is 553. The lowest BCUT2D eigenvalue weighted by molar-refractivity contribution is -0.153. The van der Waals surface area contributed by atoms with Gasteiger partial charge in [0.25, 0.3) is 0 Å². The third kappa shape index (κ3) is 1.82. The highest BCUT2D eigenvalue weighted by molar-refractivity contribution is 7.87. The third-order valence-corrected chi connectivity index (χ3v) is 6.82. The monoisotopic (exact) mass is 310 g/mol. The maximum Gasteiger partial charge on any atom is 0.319 e. The van der Waals surface area contributed by atoms with E-state index in [4.69, 9.17) is 4.74 Å². The fourth-order valence-corrected chi connectivity index (χ4v) is 7.04. The summed E-state index contributed by atoms with van der Waals surface area (Å²) in [4.78, 5) is 24.1. The molecule has 0 saturated carbocycles. The van der Waals surface area contributed by atoms with Gasteiger partial charge in [-0.05, 0) is 22.0 Å². The Balaban J connectivity index is 2.25. The molecule has 5 heteroatoms. The molecule has 2 saturated heterocycles. The second-order valence-corrected chi connectivity index (χ2v) is 9.96. The number of rotatable bonds is 0. The summed E-state index contributed by atoms with van der Waals surface area (Å²) in [6.07, 6.45) is 0. The largest absolute Gasteiger partial charge is 0.393 e. The lowest BCUT2D eigenvalue weighted by Gasteiger charge is -2.37. The molecule has 0 N–H and O–H groups in total. The number of hydrogen-bond donors (Lipinski definition) is 0. The van der Waals surface area contributed by atoms with Gasteiger partial charge in [0.1, 0.15) is 0 Å². The molecule has 116 valence electrons. The molecule has 0 radical (unpaired) electrons. The van der Waals surface area contributed by atoms with Crippen LogP contribution in [0.3, 0.4) is 0 Å². The number of esters is 2. The molecule has 0 aromatic carbocycles. The first-order chi connectivity index (χ1) is 9.46. The van der Waals surface area contributed by atoms with Crippen LogP contribution in [0.2, 0.25) is 0 Å². The molecule has 0 amide bonds. The predicted molar refractivity (Wildman–Crippen MR) is 79.7 cm³/mol. The molecule has 1 unspecified atom stereocenters. The number of cyclic esters (lactones) is 2. The van der Waals surface area contributed by atoms with Gasteiger partial charge >= 0.3 is 11.9 Å². The molecule has 3 aliphatic rings. The molecular formula is C16H22O4S. The number of fused-ring (bicyclic) bond motifs is 5. The molecule has 0 aromatic rings. The second-order valence-electron chi connectivity index (χ2n) is 8.29. The SMILES string of the molecule is CC(C)(C)C1=C(C(C)(C)C)[C@H]2[C@H]3C(=O)OC(=O)[C@H]3[C@@H]1S2=O. The van der Waals surface area contributed by atoms with Crippen LogP contribution >= 0.6 is 0 Å². The summed E-state index contributed by atoms with van der Waals surface area (Å²) in [5, 5.41) is -0.707. The Labute approximate surface area is 127 Å². The highest BCUT2D eigenvalue weighted by Crippen LogP contribution is 2.60. The topological polar surface area (TPSA) is 60.4 Å². The zero-order valence-electron chi connectivity index (χ0n) is 13.4. The second kappa shape index (κ2) is 4.06. The van der Waals surface area contributed by atoms with E-state index in [1.165, 1.54) is 0 Å². The van der Waals surface area contributed by atoms with E-state index in [0.29, 0.717) is 0 Å². The van der Waals surface area contributed by atoms with Crippen LogP contribution in [0.1, 0.15) is 41.5 Å². The van der Waals surface area contributed by atoms with E-state index in [-0.39, 0.29) is 21.3 Å². The fraction of sp³-hybridized carbons (Fsp3) is 0.750. The highest BCUT2D eigenvalue weighted by atomic mass is 32.2. The van der Waals surface area contributed by atoms with Crippen molar-refractivity contribution in [3.63, 3.8) is 0 Å². The number of ether oxygens (including phenoxy) is 1. The molecule has 0 spiro atoms. The van der Waals surface area contributed by atoms with Crippen molar-refractivity contribution in [2.45, 2.75) is 52.0 Å². The van der Waals surface area contributed by atoms with Crippen LogP contribution in [0.15, 0.2) is 11.1 Å². The Kier molecular flexibility index (Phi) is 2.89. The summed E-state index contributed by atoms with van der Waals surface area (Å²) in [7, 11) is -1.20. The van der Waals surface area contributed by atoms with Crippen LogP contribution in [-0.4, -0.2) is 26.6 Å². The van der Waals surface area contributed by atoms with Crippen LogP contribution in [0.5, 0.6) is 0 Å². The summed E-state index contributed by atoms with van der Waals surface area (Å²) < 4.78 is 17.7. The van der Waals surface area contributed by atoms with Crippen LogP contribution in [0.4, 0.5) is 0 Å². The molecule has 3 aliphatic heterocycles. The smallest absolute Gasteiger partial charge is 0.319 e. The van der Waals surface area contributed by atoms with E-state index in [1.54, 1.807) is 0 Å². The van der Waals surface area contributed by atoms with Crippen molar-refractivity contribution in [1.82, 2.24) is 0 Å². The van der Waals surface area contributed by atoms with E-state index in [1.807, 2.05) is 0 Å². The Morgan fingerprint density at radius 1 is 0.810 bits per heavy atom. The lowest BCUT2D eigenvalue weighted by atomic mass is 9.64. The van der Waals surface area contributed by atoms with Gasteiger partial charge in [-0.2, -0.15) is 0 Å². The summed E-state index contributed by atoms with van der Waals surface area (Å²) in [5.41, 5.74) is 1.86. The van der Waals surface area contributed by atoms with Crippen molar-refractivity contribution in [2.75, 3.05) is 0 Å². The van der Waals surface area contributed by atoms with Crippen molar-refractivity contribution in [3.05, 3.63) is 11.1 Å². The van der Waals surface area contributed by atoms with Gasteiger partial charge in [-0.15, -0.1) is 0 Å². The number of hydrogen-bond acceptors (Lipinski definition) is 4. The van der Waals surface area contributed by atoms with Gasteiger partial charge in [0.05, 0.1) is 22.3 Å².